The van der Waals surface area contributed by atoms with Crippen LogP contribution in [0.4, 0.5) is 23.2 Å². The van der Waals surface area contributed by atoms with Crippen molar-refractivity contribution in [2.45, 2.75) is 100 Å². The fraction of sp³-hybridized carbons (Fsp3) is 0.576. The third kappa shape index (κ3) is 4.67. The SMILES string of the molecule is O=C(CC12CC(F)(C1)C2)N(CC12CCC(c3ccc(C(F)(F)F)cn3)(CC1)CC2)c1cccc(-c2noc(C3CC3)n2)c1. The van der Waals surface area contributed by atoms with Crippen molar-refractivity contribution in [1.29, 1.82) is 0 Å². The summed E-state index contributed by atoms with van der Waals surface area (Å²) in [5.41, 5.74) is -0.00981. The van der Waals surface area contributed by atoms with Gasteiger partial charge in [-0.15, -0.1) is 0 Å². The van der Waals surface area contributed by atoms with Crippen LogP contribution in [0.5, 0.6) is 0 Å². The van der Waals surface area contributed by atoms with Gasteiger partial charge in [0.2, 0.25) is 17.6 Å². The molecule has 0 aliphatic heterocycles. The number of aromatic nitrogens is 3. The molecule has 0 radical (unpaired) electrons. The van der Waals surface area contributed by atoms with Crippen molar-refractivity contribution < 1.29 is 26.9 Å². The molecular weight excluding hydrogens is 560 g/mol. The largest absolute Gasteiger partial charge is 0.417 e. The smallest absolute Gasteiger partial charge is 0.339 e. The van der Waals surface area contributed by atoms with Gasteiger partial charge in [0.25, 0.3) is 0 Å². The third-order valence-corrected chi connectivity index (χ3v) is 11.2. The van der Waals surface area contributed by atoms with Crippen molar-refractivity contribution in [3.8, 4) is 11.4 Å². The van der Waals surface area contributed by atoms with E-state index in [4.69, 9.17) is 4.52 Å². The maximum Gasteiger partial charge on any atom is 0.417 e. The lowest BCUT2D eigenvalue weighted by Crippen LogP contribution is -2.65. The van der Waals surface area contributed by atoms with Crippen molar-refractivity contribution in [3.63, 3.8) is 0 Å². The third-order valence-electron chi connectivity index (χ3n) is 11.2. The van der Waals surface area contributed by atoms with Gasteiger partial charge < -0.3 is 9.42 Å². The van der Waals surface area contributed by atoms with Crippen LogP contribution in [0.1, 0.15) is 100 Å². The maximum atomic E-state index is 14.3. The number of halogens is 4. The Labute approximate surface area is 247 Å². The minimum atomic E-state index is -4.40. The van der Waals surface area contributed by atoms with Crippen molar-refractivity contribution in [3.05, 3.63) is 59.7 Å². The lowest BCUT2D eigenvalue weighted by atomic mass is 9.41. The second-order valence-electron chi connectivity index (χ2n) is 14.3. The first-order valence-electron chi connectivity index (χ1n) is 15.4. The molecule has 6 nitrogen and oxygen atoms in total. The monoisotopic (exact) mass is 594 g/mol. The van der Waals surface area contributed by atoms with E-state index in [0.717, 1.165) is 80.6 Å². The highest BCUT2D eigenvalue weighted by molar-refractivity contribution is 5.94. The van der Waals surface area contributed by atoms with Gasteiger partial charge in [-0.2, -0.15) is 18.2 Å². The van der Waals surface area contributed by atoms with Gasteiger partial charge in [0.05, 0.1) is 5.56 Å². The minimum absolute atomic E-state index is 0.0203. The summed E-state index contributed by atoms with van der Waals surface area (Å²) in [5.74, 6) is 1.53. The van der Waals surface area contributed by atoms with Crippen LogP contribution in [0, 0.1) is 10.8 Å². The number of hydrogen-bond acceptors (Lipinski definition) is 5. The zero-order chi connectivity index (χ0) is 29.7. The van der Waals surface area contributed by atoms with E-state index >= 15 is 0 Å². The zero-order valence-corrected chi connectivity index (χ0v) is 23.9. The molecule has 7 aliphatic rings. The summed E-state index contributed by atoms with van der Waals surface area (Å²) in [6.45, 7) is 0.558. The van der Waals surface area contributed by atoms with Gasteiger partial charge in [0, 0.05) is 47.4 Å². The molecule has 1 amide bonds. The molecule has 226 valence electrons. The van der Waals surface area contributed by atoms with Crippen LogP contribution < -0.4 is 4.90 Å². The summed E-state index contributed by atoms with van der Waals surface area (Å²) in [6.07, 6.45) is 5.52. The van der Waals surface area contributed by atoms with Crippen LogP contribution in [-0.2, 0) is 16.4 Å². The van der Waals surface area contributed by atoms with E-state index in [0.29, 0.717) is 49.9 Å². The van der Waals surface area contributed by atoms with E-state index in [1.807, 2.05) is 29.2 Å². The molecule has 2 heterocycles. The molecule has 2 aromatic heterocycles. The molecule has 10 rings (SSSR count). The van der Waals surface area contributed by atoms with Gasteiger partial charge in [0.15, 0.2) is 0 Å². The highest BCUT2D eigenvalue weighted by atomic mass is 19.4. The van der Waals surface area contributed by atoms with Gasteiger partial charge in [-0.05, 0) is 106 Å². The average Bonchev–Trinajstić information content (AvgIpc) is 3.71. The Balaban J connectivity index is 1.04. The Morgan fingerprint density at radius 1 is 0.977 bits per heavy atom. The molecule has 1 aromatic carbocycles. The van der Waals surface area contributed by atoms with Gasteiger partial charge in [-0.1, -0.05) is 17.3 Å². The molecule has 7 saturated carbocycles. The molecule has 0 unspecified atom stereocenters. The number of hydrogen-bond donors (Lipinski definition) is 0. The van der Waals surface area contributed by atoms with E-state index in [1.165, 1.54) is 0 Å². The van der Waals surface area contributed by atoms with Gasteiger partial charge in [-0.3, -0.25) is 9.78 Å². The number of rotatable bonds is 8. The van der Waals surface area contributed by atoms with E-state index in [9.17, 15) is 22.4 Å². The van der Waals surface area contributed by atoms with Crippen LogP contribution in [-0.4, -0.2) is 33.2 Å². The van der Waals surface area contributed by atoms with Crippen molar-refractivity contribution in [1.82, 2.24) is 15.1 Å². The molecule has 7 fully saturated rings. The van der Waals surface area contributed by atoms with Crippen LogP contribution >= 0.6 is 0 Å². The fourth-order valence-corrected chi connectivity index (χ4v) is 8.54. The van der Waals surface area contributed by atoms with E-state index < -0.39 is 17.4 Å². The number of pyridine rings is 1. The summed E-state index contributed by atoms with van der Waals surface area (Å²) in [6, 6.07) is 10.4. The summed E-state index contributed by atoms with van der Waals surface area (Å²) in [5, 5.41) is 4.20. The van der Waals surface area contributed by atoms with Crippen molar-refractivity contribution in [2.24, 2.45) is 10.8 Å². The molecule has 7 aliphatic carbocycles. The first kappa shape index (κ1) is 27.3. The molecular formula is C33H34F4N4O2. The summed E-state index contributed by atoms with van der Waals surface area (Å²) < 4.78 is 59.2. The summed E-state index contributed by atoms with van der Waals surface area (Å²) >= 11 is 0. The molecule has 0 saturated heterocycles. The number of benzene rings is 1. The van der Waals surface area contributed by atoms with E-state index in [2.05, 4.69) is 15.1 Å². The second-order valence-corrected chi connectivity index (χ2v) is 14.3. The summed E-state index contributed by atoms with van der Waals surface area (Å²) in [7, 11) is 0. The Bertz CT molecular complexity index is 1530. The van der Waals surface area contributed by atoms with Crippen LogP contribution in [0.25, 0.3) is 11.4 Å². The highest BCUT2D eigenvalue weighted by Gasteiger charge is 2.69. The van der Waals surface area contributed by atoms with Crippen molar-refractivity contribution >= 4 is 11.6 Å². The molecule has 43 heavy (non-hydrogen) atoms. The second kappa shape index (κ2) is 9.11. The lowest BCUT2D eigenvalue weighted by Gasteiger charge is -2.66. The number of carbonyl (C=O) groups excluding carboxylic acids is 1. The zero-order valence-electron chi connectivity index (χ0n) is 23.9. The van der Waals surface area contributed by atoms with Gasteiger partial charge in [0.1, 0.15) is 5.67 Å². The number of anilines is 1. The van der Waals surface area contributed by atoms with Crippen LogP contribution in [0.3, 0.4) is 0 Å². The lowest BCUT2D eigenvalue weighted by molar-refractivity contribution is -0.215. The predicted molar refractivity (Wildman–Crippen MR) is 150 cm³/mol. The molecule has 3 aromatic rings. The van der Waals surface area contributed by atoms with E-state index in [1.54, 1.807) is 6.07 Å². The Morgan fingerprint density at radius 2 is 1.70 bits per heavy atom. The normalized spacial score (nSPS) is 32.7. The average molecular weight is 595 g/mol. The van der Waals surface area contributed by atoms with Crippen LogP contribution in [0.2, 0.25) is 0 Å². The molecule has 0 atom stereocenters. The maximum absolute atomic E-state index is 14.3. The topological polar surface area (TPSA) is 72.1 Å². The van der Waals surface area contributed by atoms with Gasteiger partial charge >= 0.3 is 6.18 Å². The number of alkyl halides is 4. The standard InChI is InChI=1S/C33H34F4N4O2/c34-32-17-30(18-32,19-32)15-26(42)41(24-3-1-2-22(14-24)27-39-28(43-40-27)21-4-5-21)20-29-8-11-31(12-9-29,13-10-29)25-7-6-23(16-38-25)33(35,36)37/h1-3,6-7,14,16,21H,4-5,8-13,15,17-20H2. The highest BCUT2D eigenvalue weighted by Crippen LogP contribution is 2.71. The number of carbonyl (C=O) groups is 1. The first-order chi connectivity index (χ1) is 20.5. The quantitative estimate of drug-likeness (QED) is 0.248. The Morgan fingerprint density at radius 3 is 2.30 bits per heavy atom. The molecule has 0 spiro atoms. The Kier molecular flexibility index (Phi) is 5.78. The van der Waals surface area contributed by atoms with Crippen molar-refractivity contribution in [2.75, 3.05) is 11.4 Å². The van der Waals surface area contributed by atoms with E-state index in [-0.39, 0.29) is 22.2 Å². The Hall–Kier alpha value is -3.30. The number of nitrogens with zero attached hydrogens (tertiary/aromatic N) is 4. The molecule has 0 N–H and O–H groups in total. The first-order valence-corrected chi connectivity index (χ1v) is 15.4. The fourth-order valence-electron chi connectivity index (χ4n) is 8.54. The number of amides is 1. The minimum Gasteiger partial charge on any atom is -0.339 e. The van der Waals surface area contributed by atoms with Crippen LogP contribution in [0.15, 0.2) is 47.1 Å². The van der Waals surface area contributed by atoms with Gasteiger partial charge in [-0.25, -0.2) is 4.39 Å². The summed E-state index contributed by atoms with van der Waals surface area (Å²) in [4.78, 5) is 24.8. The number of fused-ring (bicyclic) bond motifs is 3. The molecule has 10 heteroatoms. The predicted octanol–water partition coefficient (Wildman–Crippen LogP) is 7.94. The molecule has 4 bridgehead atoms.